The van der Waals surface area contributed by atoms with E-state index in [9.17, 15) is 14.9 Å². The van der Waals surface area contributed by atoms with Gasteiger partial charge in [0.25, 0.3) is 11.6 Å². The van der Waals surface area contributed by atoms with E-state index in [1.54, 1.807) is 42.6 Å². The second-order valence-corrected chi connectivity index (χ2v) is 7.90. The molecule has 0 aliphatic rings. The zero-order chi connectivity index (χ0) is 23.0. The van der Waals surface area contributed by atoms with Crippen molar-refractivity contribution in [2.24, 2.45) is 5.10 Å². The van der Waals surface area contributed by atoms with Gasteiger partial charge in [0.1, 0.15) is 5.75 Å². The number of benzene rings is 3. The highest BCUT2D eigenvalue weighted by Gasteiger charge is 2.17. The summed E-state index contributed by atoms with van der Waals surface area (Å²) in [5.74, 6) is 0.127. The summed E-state index contributed by atoms with van der Waals surface area (Å²) in [5, 5.41) is 16.5. The van der Waals surface area contributed by atoms with Gasteiger partial charge in [0.2, 0.25) is 0 Å². The van der Waals surface area contributed by atoms with Crippen LogP contribution in [-0.2, 0) is 4.79 Å². The Balaban J connectivity index is 1.44. The number of aromatic nitrogens is 1. The third-order valence-electron chi connectivity index (χ3n) is 4.51. The second-order valence-electron chi connectivity index (χ2n) is 6.81. The van der Waals surface area contributed by atoms with Crippen LogP contribution in [0.4, 0.5) is 5.69 Å². The van der Waals surface area contributed by atoms with Crippen molar-refractivity contribution in [1.29, 1.82) is 0 Å². The number of ether oxygens (including phenoxy) is 1. The summed E-state index contributed by atoms with van der Waals surface area (Å²) >= 11 is 1.28. The fourth-order valence-electron chi connectivity index (χ4n) is 3.00. The molecule has 0 fully saturated rings. The van der Waals surface area contributed by atoms with Crippen LogP contribution < -0.4 is 10.2 Å². The highest BCUT2D eigenvalue weighted by molar-refractivity contribution is 7.99. The maximum atomic E-state index is 11.9. The quantitative estimate of drug-likeness (QED) is 0.230. The minimum atomic E-state index is -0.444. The Morgan fingerprint density at radius 3 is 2.70 bits per heavy atom. The van der Waals surface area contributed by atoms with Crippen LogP contribution in [0.2, 0.25) is 0 Å². The first kappa shape index (κ1) is 22.0. The summed E-state index contributed by atoms with van der Waals surface area (Å²) in [6.07, 6.45) is 3.04. The SMILES string of the molecule is O=C(COc1ccccc1)NN=Cc1ccc(Sc2cccc3cccnc23)c([N+](=O)[O-])c1. The normalized spacial score (nSPS) is 10.9. The molecule has 0 spiro atoms. The molecule has 4 aromatic rings. The molecular weight excluding hydrogens is 440 g/mol. The number of hydrogen-bond acceptors (Lipinski definition) is 7. The zero-order valence-corrected chi connectivity index (χ0v) is 18.1. The fraction of sp³-hybridized carbons (Fsp3) is 0.0417. The summed E-state index contributed by atoms with van der Waals surface area (Å²) in [4.78, 5) is 28.8. The van der Waals surface area contributed by atoms with Crippen LogP contribution in [0, 0.1) is 10.1 Å². The van der Waals surface area contributed by atoms with Gasteiger partial charge in [-0.2, -0.15) is 5.10 Å². The number of nitrogens with zero attached hydrogens (tertiary/aromatic N) is 3. The van der Waals surface area contributed by atoms with Crippen molar-refractivity contribution in [3.8, 4) is 5.75 Å². The number of carbonyl (C=O) groups excluding carboxylic acids is 1. The van der Waals surface area contributed by atoms with Crippen LogP contribution in [0.3, 0.4) is 0 Å². The first-order valence-corrected chi connectivity index (χ1v) is 10.7. The lowest BCUT2D eigenvalue weighted by Crippen LogP contribution is -2.24. The molecule has 0 aliphatic carbocycles. The Hall–Kier alpha value is -4.24. The molecule has 1 aromatic heterocycles. The first-order valence-electron chi connectivity index (χ1n) is 9.90. The van der Waals surface area contributed by atoms with Crippen molar-refractivity contribution in [3.05, 3.63) is 101 Å². The van der Waals surface area contributed by atoms with E-state index in [1.165, 1.54) is 24.0 Å². The number of pyridine rings is 1. The van der Waals surface area contributed by atoms with Crippen molar-refractivity contribution < 1.29 is 14.5 Å². The number of fused-ring (bicyclic) bond motifs is 1. The number of carbonyl (C=O) groups is 1. The van der Waals surface area contributed by atoms with Crippen molar-refractivity contribution >= 4 is 40.5 Å². The maximum absolute atomic E-state index is 11.9. The molecule has 0 radical (unpaired) electrons. The van der Waals surface area contributed by atoms with Crippen LogP contribution in [-0.4, -0.2) is 28.6 Å². The molecule has 4 rings (SSSR count). The zero-order valence-electron chi connectivity index (χ0n) is 17.3. The summed E-state index contributed by atoms with van der Waals surface area (Å²) in [6, 6.07) is 23.2. The van der Waals surface area contributed by atoms with Crippen LogP contribution in [0.1, 0.15) is 5.56 Å². The van der Waals surface area contributed by atoms with Gasteiger partial charge < -0.3 is 4.74 Å². The number of hydrogen-bond donors (Lipinski definition) is 1. The van der Waals surface area contributed by atoms with Gasteiger partial charge in [-0.1, -0.05) is 54.2 Å². The topological polar surface area (TPSA) is 107 Å². The number of para-hydroxylation sites is 2. The molecule has 0 aliphatic heterocycles. The Bertz CT molecular complexity index is 1320. The molecule has 0 bridgehead atoms. The number of nitrogens with one attached hydrogen (secondary N) is 1. The van der Waals surface area contributed by atoms with Gasteiger partial charge in [-0.05, 0) is 30.3 Å². The molecule has 0 saturated carbocycles. The molecule has 1 N–H and O–H groups in total. The molecular formula is C24H18N4O4S. The number of amides is 1. The average Bonchev–Trinajstić information content (AvgIpc) is 2.84. The molecule has 33 heavy (non-hydrogen) atoms. The molecule has 9 heteroatoms. The lowest BCUT2D eigenvalue weighted by Gasteiger charge is -2.07. The van der Waals surface area contributed by atoms with Crippen LogP contribution >= 0.6 is 11.8 Å². The van der Waals surface area contributed by atoms with Crippen LogP contribution in [0.15, 0.2) is 100.0 Å². The van der Waals surface area contributed by atoms with Gasteiger partial charge in [0.05, 0.1) is 21.6 Å². The number of nitro benzene ring substituents is 1. The second kappa shape index (κ2) is 10.4. The molecule has 1 heterocycles. The summed E-state index contributed by atoms with van der Waals surface area (Å²) in [7, 11) is 0. The molecule has 1 amide bonds. The highest BCUT2D eigenvalue weighted by Crippen LogP contribution is 2.37. The van der Waals surface area contributed by atoms with Gasteiger partial charge in [-0.15, -0.1) is 0 Å². The molecule has 0 saturated heterocycles. The van der Waals surface area contributed by atoms with Crippen molar-refractivity contribution in [2.45, 2.75) is 9.79 Å². The van der Waals surface area contributed by atoms with E-state index in [2.05, 4.69) is 15.5 Å². The Kier molecular flexibility index (Phi) is 6.91. The average molecular weight is 458 g/mol. The Morgan fingerprint density at radius 1 is 1.06 bits per heavy atom. The van der Waals surface area contributed by atoms with E-state index in [4.69, 9.17) is 4.74 Å². The first-order chi connectivity index (χ1) is 16.1. The van der Waals surface area contributed by atoms with E-state index in [0.29, 0.717) is 16.2 Å². The number of nitro groups is 1. The summed E-state index contributed by atoms with van der Waals surface area (Å²) in [6.45, 7) is -0.198. The predicted octanol–water partition coefficient (Wildman–Crippen LogP) is 4.82. The molecule has 0 unspecified atom stereocenters. The van der Waals surface area contributed by atoms with Crippen molar-refractivity contribution in [3.63, 3.8) is 0 Å². The maximum Gasteiger partial charge on any atom is 0.283 e. The fourth-order valence-corrected chi connectivity index (χ4v) is 4.02. The van der Waals surface area contributed by atoms with Gasteiger partial charge in [-0.25, -0.2) is 5.43 Å². The monoisotopic (exact) mass is 458 g/mol. The summed E-state index contributed by atoms with van der Waals surface area (Å²) < 4.78 is 5.34. The van der Waals surface area contributed by atoms with Crippen molar-refractivity contribution in [2.75, 3.05) is 6.61 Å². The van der Waals surface area contributed by atoms with Crippen molar-refractivity contribution in [1.82, 2.24) is 10.4 Å². The highest BCUT2D eigenvalue weighted by atomic mass is 32.2. The van der Waals surface area contributed by atoms with Crippen LogP contribution in [0.5, 0.6) is 5.75 Å². The van der Waals surface area contributed by atoms with E-state index in [-0.39, 0.29) is 12.3 Å². The van der Waals surface area contributed by atoms with E-state index in [1.807, 2.05) is 36.4 Å². The third kappa shape index (κ3) is 5.72. The Morgan fingerprint density at radius 2 is 1.88 bits per heavy atom. The minimum Gasteiger partial charge on any atom is -0.484 e. The number of rotatable bonds is 8. The lowest BCUT2D eigenvalue weighted by atomic mass is 10.2. The van der Waals surface area contributed by atoms with E-state index >= 15 is 0 Å². The summed E-state index contributed by atoms with van der Waals surface area (Å²) in [5.41, 5.74) is 3.55. The lowest BCUT2D eigenvalue weighted by molar-refractivity contribution is -0.387. The third-order valence-corrected chi connectivity index (χ3v) is 5.63. The molecule has 3 aromatic carbocycles. The van der Waals surface area contributed by atoms with Crippen LogP contribution in [0.25, 0.3) is 10.9 Å². The van der Waals surface area contributed by atoms with Gasteiger partial charge in [0, 0.05) is 28.1 Å². The smallest absolute Gasteiger partial charge is 0.283 e. The molecule has 8 nitrogen and oxygen atoms in total. The number of hydrazone groups is 1. The van der Waals surface area contributed by atoms with E-state index < -0.39 is 10.8 Å². The Labute approximate surface area is 193 Å². The van der Waals surface area contributed by atoms with Gasteiger partial charge in [-0.3, -0.25) is 19.9 Å². The van der Waals surface area contributed by atoms with E-state index in [0.717, 1.165) is 15.8 Å². The predicted molar refractivity (Wildman–Crippen MR) is 127 cm³/mol. The van der Waals surface area contributed by atoms with Gasteiger partial charge >= 0.3 is 0 Å². The van der Waals surface area contributed by atoms with Gasteiger partial charge in [0.15, 0.2) is 6.61 Å². The minimum absolute atomic E-state index is 0.0596. The largest absolute Gasteiger partial charge is 0.484 e. The molecule has 0 atom stereocenters. The molecule has 164 valence electrons. The standard InChI is InChI=1S/C24H18N4O4S/c29-23(16-32-19-8-2-1-3-9-19)27-26-15-17-11-12-21(20(14-17)28(30)31)33-22-10-4-6-18-7-5-13-25-24(18)22/h1-15H,16H2,(H,27,29).